The van der Waals surface area contributed by atoms with E-state index in [1.165, 1.54) is 6.07 Å². The highest BCUT2D eigenvalue weighted by atomic mass is 19.3. The molecule has 1 rings (SSSR count). The third-order valence-electron chi connectivity index (χ3n) is 1.47. The van der Waals surface area contributed by atoms with Gasteiger partial charge in [0.05, 0.1) is 5.56 Å². The van der Waals surface area contributed by atoms with E-state index in [1.54, 1.807) is 0 Å². The van der Waals surface area contributed by atoms with Crippen molar-refractivity contribution in [3.63, 3.8) is 0 Å². The highest BCUT2D eigenvalue weighted by molar-refractivity contribution is 5.75. The summed E-state index contributed by atoms with van der Waals surface area (Å²) in [6.45, 7) is -0.774. The number of alkyl halides is 2. The molecule has 76 valence electrons. The molecule has 0 saturated carbocycles. The van der Waals surface area contributed by atoms with Crippen molar-refractivity contribution >= 4 is 6.29 Å². The van der Waals surface area contributed by atoms with E-state index < -0.39 is 18.8 Å². The summed E-state index contributed by atoms with van der Waals surface area (Å²) in [4.78, 5) is 10.3. The van der Waals surface area contributed by atoms with Gasteiger partial charge in [0.15, 0.2) is 6.29 Å². The van der Waals surface area contributed by atoms with Gasteiger partial charge in [0, 0.05) is 0 Å². The van der Waals surface area contributed by atoms with Crippen LogP contribution in [0.25, 0.3) is 0 Å². The van der Waals surface area contributed by atoms with Gasteiger partial charge in [-0.3, -0.25) is 4.79 Å². The second kappa shape index (κ2) is 4.64. The van der Waals surface area contributed by atoms with Crippen molar-refractivity contribution in [2.45, 2.75) is 6.43 Å². The SMILES string of the molecule is O=Cc1cc(OCC(F)F)ccc1F. The van der Waals surface area contributed by atoms with E-state index >= 15 is 0 Å². The minimum atomic E-state index is -2.60. The number of hydrogen-bond acceptors (Lipinski definition) is 2. The highest BCUT2D eigenvalue weighted by Gasteiger charge is 2.06. The fourth-order valence-electron chi connectivity index (χ4n) is 0.861. The minimum absolute atomic E-state index is 0.0498. The maximum Gasteiger partial charge on any atom is 0.272 e. The molecular formula is C9H7F3O2. The summed E-state index contributed by atoms with van der Waals surface area (Å²) in [5.41, 5.74) is -0.211. The van der Waals surface area contributed by atoms with Gasteiger partial charge in [-0.25, -0.2) is 13.2 Å². The summed E-state index contributed by atoms with van der Waals surface area (Å²) in [6.07, 6.45) is -2.30. The summed E-state index contributed by atoms with van der Waals surface area (Å²) >= 11 is 0. The molecule has 0 aliphatic heterocycles. The lowest BCUT2D eigenvalue weighted by molar-refractivity contribution is 0.0818. The maximum atomic E-state index is 12.7. The Hall–Kier alpha value is -1.52. The number of carbonyl (C=O) groups is 1. The summed E-state index contributed by atoms with van der Waals surface area (Å²) < 4.78 is 40.8. The lowest BCUT2D eigenvalue weighted by Gasteiger charge is -2.05. The molecule has 0 atom stereocenters. The van der Waals surface area contributed by atoms with Crippen LogP contribution in [-0.4, -0.2) is 19.3 Å². The second-order valence-electron chi connectivity index (χ2n) is 2.50. The van der Waals surface area contributed by atoms with Gasteiger partial charge < -0.3 is 4.74 Å². The zero-order valence-electron chi connectivity index (χ0n) is 7.04. The zero-order chi connectivity index (χ0) is 10.6. The average Bonchev–Trinajstić information content (AvgIpc) is 2.16. The van der Waals surface area contributed by atoms with Crippen molar-refractivity contribution < 1.29 is 22.7 Å². The minimum Gasteiger partial charge on any atom is -0.488 e. The fourth-order valence-corrected chi connectivity index (χ4v) is 0.861. The van der Waals surface area contributed by atoms with Crippen LogP contribution in [0.3, 0.4) is 0 Å². The molecule has 0 amide bonds. The van der Waals surface area contributed by atoms with Crippen LogP contribution in [0.2, 0.25) is 0 Å². The first kappa shape index (κ1) is 10.6. The van der Waals surface area contributed by atoms with Gasteiger partial charge in [0.25, 0.3) is 6.43 Å². The molecule has 1 aromatic rings. The van der Waals surface area contributed by atoms with E-state index in [1.807, 2.05) is 0 Å². The number of benzene rings is 1. The van der Waals surface area contributed by atoms with Crippen LogP contribution in [0.1, 0.15) is 10.4 Å². The van der Waals surface area contributed by atoms with Crippen molar-refractivity contribution in [1.29, 1.82) is 0 Å². The molecule has 2 nitrogen and oxygen atoms in total. The summed E-state index contributed by atoms with van der Waals surface area (Å²) in [7, 11) is 0. The molecule has 14 heavy (non-hydrogen) atoms. The highest BCUT2D eigenvalue weighted by Crippen LogP contribution is 2.15. The number of halogens is 3. The van der Waals surface area contributed by atoms with Gasteiger partial charge in [-0.2, -0.15) is 0 Å². The van der Waals surface area contributed by atoms with Crippen LogP contribution >= 0.6 is 0 Å². The summed E-state index contributed by atoms with van der Waals surface area (Å²) in [5.74, 6) is -0.654. The largest absolute Gasteiger partial charge is 0.488 e. The van der Waals surface area contributed by atoms with Gasteiger partial charge >= 0.3 is 0 Å². The van der Waals surface area contributed by atoms with E-state index in [-0.39, 0.29) is 11.3 Å². The van der Waals surface area contributed by atoms with Gasteiger partial charge in [0.2, 0.25) is 0 Å². The first-order valence-electron chi connectivity index (χ1n) is 3.79. The van der Waals surface area contributed by atoms with Gasteiger partial charge in [-0.1, -0.05) is 0 Å². The Balaban J connectivity index is 2.74. The summed E-state index contributed by atoms with van der Waals surface area (Å²) in [5, 5.41) is 0. The third-order valence-corrected chi connectivity index (χ3v) is 1.47. The van der Waals surface area contributed by atoms with E-state index in [2.05, 4.69) is 4.74 Å². The Morgan fingerprint density at radius 1 is 1.43 bits per heavy atom. The van der Waals surface area contributed by atoms with Crippen molar-refractivity contribution in [1.82, 2.24) is 0 Å². The molecular weight excluding hydrogens is 197 g/mol. The van der Waals surface area contributed by atoms with E-state index in [0.29, 0.717) is 6.29 Å². The van der Waals surface area contributed by atoms with Crippen LogP contribution in [0.15, 0.2) is 18.2 Å². The Bertz CT molecular complexity index is 326. The molecule has 0 bridgehead atoms. The van der Waals surface area contributed by atoms with Gasteiger partial charge in [0.1, 0.15) is 18.2 Å². The van der Waals surface area contributed by atoms with Gasteiger partial charge in [-0.15, -0.1) is 0 Å². The van der Waals surface area contributed by atoms with Crippen molar-refractivity contribution in [3.8, 4) is 5.75 Å². The number of carbonyl (C=O) groups excluding carboxylic acids is 1. The number of aldehydes is 1. The molecule has 0 N–H and O–H groups in total. The monoisotopic (exact) mass is 204 g/mol. The Kier molecular flexibility index (Phi) is 3.50. The van der Waals surface area contributed by atoms with Crippen molar-refractivity contribution in [2.24, 2.45) is 0 Å². The Labute approximate surface area is 78.3 Å². The molecule has 0 unspecified atom stereocenters. The molecule has 0 aliphatic carbocycles. The third kappa shape index (κ3) is 2.76. The fraction of sp³-hybridized carbons (Fsp3) is 0.222. The van der Waals surface area contributed by atoms with Crippen molar-refractivity contribution in [2.75, 3.05) is 6.61 Å². The first-order chi connectivity index (χ1) is 6.63. The van der Waals surface area contributed by atoms with Crippen LogP contribution < -0.4 is 4.74 Å². The lowest BCUT2D eigenvalue weighted by atomic mass is 10.2. The Morgan fingerprint density at radius 2 is 2.14 bits per heavy atom. The quantitative estimate of drug-likeness (QED) is 0.703. The number of hydrogen-bond donors (Lipinski definition) is 0. The zero-order valence-corrected chi connectivity index (χ0v) is 7.04. The van der Waals surface area contributed by atoms with Gasteiger partial charge in [-0.05, 0) is 18.2 Å². The van der Waals surface area contributed by atoms with E-state index in [9.17, 15) is 18.0 Å². The van der Waals surface area contributed by atoms with Crippen LogP contribution in [0, 0.1) is 5.82 Å². The molecule has 0 radical (unpaired) electrons. The van der Waals surface area contributed by atoms with E-state index in [0.717, 1.165) is 12.1 Å². The number of ether oxygens (including phenoxy) is 1. The predicted molar refractivity (Wildman–Crippen MR) is 43.3 cm³/mol. The van der Waals surface area contributed by atoms with Crippen LogP contribution in [0.4, 0.5) is 13.2 Å². The number of rotatable bonds is 4. The lowest BCUT2D eigenvalue weighted by Crippen LogP contribution is -2.07. The molecule has 0 saturated heterocycles. The Morgan fingerprint density at radius 3 is 2.71 bits per heavy atom. The first-order valence-corrected chi connectivity index (χ1v) is 3.79. The normalized spacial score (nSPS) is 10.3. The topological polar surface area (TPSA) is 26.3 Å². The molecule has 0 heterocycles. The second-order valence-corrected chi connectivity index (χ2v) is 2.50. The predicted octanol–water partition coefficient (Wildman–Crippen LogP) is 2.28. The molecule has 0 fully saturated rings. The van der Waals surface area contributed by atoms with Crippen LogP contribution in [-0.2, 0) is 0 Å². The standard InChI is InChI=1S/C9H7F3O2/c10-8-2-1-7(3-6(8)4-13)14-5-9(11)12/h1-4,9H,5H2. The van der Waals surface area contributed by atoms with Crippen molar-refractivity contribution in [3.05, 3.63) is 29.6 Å². The van der Waals surface area contributed by atoms with E-state index in [4.69, 9.17) is 0 Å². The smallest absolute Gasteiger partial charge is 0.272 e. The molecule has 0 spiro atoms. The summed E-state index contributed by atoms with van der Waals surface area (Å²) in [6, 6.07) is 3.25. The molecule has 5 heteroatoms. The molecule has 1 aromatic carbocycles. The molecule has 0 aromatic heterocycles. The molecule has 0 aliphatic rings. The maximum absolute atomic E-state index is 12.7. The average molecular weight is 204 g/mol. The van der Waals surface area contributed by atoms with Crippen LogP contribution in [0.5, 0.6) is 5.75 Å².